The van der Waals surface area contributed by atoms with E-state index in [1.807, 2.05) is 91.9 Å². The molecular weight excluding hydrogens is 510 g/mol. The normalized spacial score (nSPS) is 12.2. The molecule has 0 unspecified atom stereocenters. The van der Waals surface area contributed by atoms with E-state index in [1.165, 1.54) is 5.56 Å². The van der Waals surface area contributed by atoms with E-state index in [0.29, 0.717) is 10.9 Å². The molecule has 4 aromatic carbocycles. The summed E-state index contributed by atoms with van der Waals surface area (Å²) in [7, 11) is 0. The number of aliphatic imine (C=N–C) groups is 2. The predicted molar refractivity (Wildman–Crippen MR) is 169 cm³/mol. The molecule has 0 N–H and O–H groups in total. The number of para-hydroxylation sites is 2. The van der Waals surface area contributed by atoms with Gasteiger partial charge in [0.2, 0.25) is 0 Å². The molecule has 0 aliphatic rings. The van der Waals surface area contributed by atoms with Crippen LogP contribution in [0.3, 0.4) is 0 Å². The molecule has 0 fully saturated rings. The number of benzene rings is 4. The maximum absolute atomic E-state index is 6.61. The summed E-state index contributed by atoms with van der Waals surface area (Å²) in [5.74, 6) is 0.339. The van der Waals surface area contributed by atoms with Crippen molar-refractivity contribution in [1.29, 1.82) is 0 Å². The highest BCUT2D eigenvalue weighted by atomic mass is 35.5. The van der Waals surface area contributed by atoms with Crippen molar-refractivity contribution in [2.24, 2.45) is 9.98 Å². The first-order valence-electron chi connectivity index (χ1n) is 13.5. The molecular formula is C36H32ClN3. The second kappa shape index (κ2) is 12.2. The number of nitrogens with zero attached hydrogens (tertiary/aromatic N) is 3. The standard InChI is InChI=1S/C36H32ClN3/c1-24(2)29-20-11-14-25(3)33(29)39-35(27-16-7-5-8-17-27)31-22-13-23-32(38-31)36(28-18-9-6-10-19-28)40-34-26(4)15-12-21-30(34)37/h5-24H,1-4H3/b39-35+,40-36+. The Kier molecular flexibility index (Phi) is 8.33. The second-order valence-corrected chi connectivity index (χ2v) is 10.5. The second-order valence-electron chi connectivity index (χ2n) is 10.1. The van der Waals surface area contributed by atoms with Crippen LogP contribution in [-0.4, -0.2) is 16.4 Å². The first kappa shape index (κ1) is 27.2. The van der Waals surface area contributed by atoms with E-state index >= 15 is 0 Å². The average Bonchev–Trinajstić information content (AvgIpc) is 2.97. The van der Waals surface area contributed by atoms with Crippen LogP contribution in [0.1, 0.15) is 59.0 Å². The van der Waals surface area contributed by atoms with Crippen LogP contribution in [0.2, 0.25) is 5.02 Å². The Balaban J connectivity index is 1.73. The largest absolute Gasteiger partial charge is 0.246 e. The van der Waals surface area contributed by atoms with Crippen LogP contribution in [0.5, 0.6) is 0 Å². The molecule has 0 amide bonds. The number of aromatic nitrogens is 1. The van der Waals surface area contributed by atoms with Gasteiger partial charge < -0.3 is 0 Å². The van der Waals surface area contributed by atoms with Gasteiger partial charge in [0, 0.05) is 11.1 Å². The zero-order chi connectivity index (χ0) is 28.1. The smallest absolute Gasteiger partial charge is 0.0966 e. The van der Waals surface area contributed by atoms with Gasteiger partial charge >= 0.3 is 0 Å². The van der Waals surface area contributed by atoms with Gasteiger partial charge in [-0.05, 0) is 54.7 Å². The number of rotatable bonds is 7. The van der Waals surface area contributed by atoms with E-state index < -0.39 is 0 Å². The minimum atomic E-state index is 0.339. The molecule has 0 spiro atoms. The van der Waals surface area contributed by atoms with E-state index in [4.69, 9.17) is 26.6 Å². The molecule has 0 atom stereocenters. The fourth-order valence-corrected chi connectivity index (χ4v) is 4.98. The van der Waals surface area contributed by atoms with Crippen molar-refractivity contribution in [2.75, 3.05) is 0 Å². The number of aryl methyl sites for hydroxylation is 2. The molecule has 0 saturated heterocycles. The van der Waals surface area contributed by atoms with Crippen LogP contribution in [-0.2, 0) is 0 Å². The van der Waals surface area contributed by atoms with Crippen molar-refractivity contribution in [3.05, 3.63) is 159 Å². The molecule has 0 bridgehead atoms. The van der Waals surface area contributed by atoms with Gasteiger partial charge in [0.05, 0.1) is 39.2 Å². The van der Waals surface area contributed by atoms with Gasteiger partial charge in [-0.25, -0.2) is 15.0 Å². The highest BCUT2D eigenvalue weighted by molar-refractivity contribution is 6.33. The summed E-state index contributed by atoms with van der Waals surface area (Å²) in [5.41, 5.74) is 10.2. The van der Waals surface area contributed by atoms with Gasteiger partial charge in [0.25, 0.3) is 0 Å². The van der Waals surface area contributed by atoms with E-state index in [0.717, 1.165) is 56.4 Å². The van der Waals surface area contributed by atoms with Gasteiger partial charge in [-0.15, -0.1) is 0 Å². The van der Waals surface area contributed by atoms with E-state index in [-0.39, 0.29) is 0 Å². The van der Waals surface area contributed by atoms with Crippen molar-refractivity contribution in [3.63, 3.8) is 0 Å². The Morgan fingerprint density at radius 1 is 0.575 bits per heavy atom. The minimum absolute atomic E-state index is 0.339. The van der Waals surface area contributed by atoms with Crippen LogP contribution in [0.4, 0.5) is 11.4 Å². The first-order valence-corrected chi connectivity index (χ1v) is 13.9. The third-order valence-electron chi connectivity index (χ3n) is 6.86. The number of pyridine rings is 1. The number of hydrogen-bond donors (Lipinski definition) is 0. The van der Waals surface area contributed by atoms with Gasteiger partial charge in [0.1, 0.15) is 0 Å². The average molecular weight is 542 g/mol. The maximum Gasteiger partial charge on any atom is 0.0966 e. The first-order chi connectivity index (χ1) is 19.4. The molecule has 0 aliphatic carbocycles. The van der Waals surface area contributed by atoms with Gasteiger partial charge in [-0.3, -0.25) is 0 Å². The number of halogens is 1. The van der Waals surface area contributed by atoms with Gasteiger partial charge in [0.15, 0.2) is 0 Å². The molecule has 0 radical (unpaired) electrons. The molecule has 5 rings (SSSR count). The third-order valence-corrected chi connectivity index (χ3v) is 7.16. The van der Waals surface area contributed by atoms with Crippen molar-refractivity contribution in [2.45, 2.75) is 33.6 Å². The monoisotopic (exact) mass is 541 g/mol. The predicted octanol–water partition coefficient (Wildman–Crippen LogP) is 9.81. The number of hydrogen-bond acceptors (Lipinski definition) is 3. The van der Waals surface area contributed by atoms with Crippen LogP contribution < -0.4 is 0 Å². The lowest BCUT2D eigenvalue weighted by molar-refractivity contribution is 0.865. The highest BCUT2D eigenvalue weighted by Gasteiger charge is 2.17. The lowest BCUT2D eigenvalue weighted by Crippen LogP contribution is -2.12. The van der Waals surface area contributed by atoms with Crippen molar-refractivity contribution in [3.8, 4) is 0 Å². The summed E-state index contributed by atoms with van der Waals surface area (Å²) in [6.45, 7) is 8.54. The molecule has 0 saturated carbocycles. The lowest BCUT2D eigenvalue weighted by atomic mass is 9.97. The van der Waals surface area contributed by atoms with Crippen LogP contribution in [0.15, 0.2) is 125 Å². The zero-order valence-electron chi connectivity index (χ0n) is 23.3. The molecule has 1 aromatic heterocycles. The Hall–Kier alpha value is -4.34. The van der Waals surface area contributed by atoms with E-state index in [2.05, 4.69) is 51.1 Å². The zero-order valence-corrected chi connectivity index (χ0v) is 24.0. The molecule has 0 aliphatic heterocycles. The van der Waals surface area contributed by atoms with Crippen LogP contribution >= 0.6 is 11.6 Å². The summed E-state index contributed by atoms with van der Waals surface area (Å²) < 4.78 is 0. The molecule has 1 heterocycles. The molecule has 4 heteroatoms. The SMILES string of the molecule is Cc1cccc(Cl)c1/N=C(\c1ccccc1)c1cccc(/C(=N/c2c(C)cccc2C(C)C)c2ccccc2)n1. The van der Waals surface area contributed by atoms with Crippen LogP contribution in [0, 0.1) is 13.8 Å². The minimum Gasteiger partial charge on any atom is -0.246 e. The topological polar surface area (TPSA) is 37.6 Å². The fraction of sp³-hybridized carbons (Fsp3) is 0.139. The molecule has 40 heavy (non-hydrogen) atoms. The third kappa shape index (κ3) is 5.95. The summed E-state index contributed by atoms with van der Waals surface area (Å²) in [6, 6.07) is 38.6. The summed E-state index contributed by atoms with van der Waals surface area (Å²) in [4.78, 5) is 15.6. The van der Waals surface area contributed by atoms with Gasteiger partial charge in [-0.2, -0.15) is 0 Å². The summed E-state index contributed by atoms with van der Waals surface area (Å²) in [5, 5.41) is 0.608. The highest BCUT2D eigenvalue weighted by Crippen LogP contribution is 2.32. The van der Waals surface area contributed by atoms with Crippen molar-refractivity contribution >= 4 is 34.4 Å². The molecule has 5 aromatic rings. The Morgan fingerprint density at radius 2 is 1.05 bits per heavy atom. The Morgan fingerprint density at radius 3 is 1.57 bits per heavy atom. The van der Waals surface area contributed by atoms with E-state index in [9.17, 15) is 0 Å². The molecule has 198 valence electrons. The van der Waals surface area contributed by atoms with E-state index in [1.54, 1.807) is 0 Å². The maximum atomic E-state index is 6.61. The van der Waals surface area contributed by atoms with Crippen molar-refractivity contribution in [1.82, 2.24) is 4.98 Å². The van der Waals surface area contributed by atoms with Gasteiger partial charge in [-0.1, -0.05) is 123 Å². The Bertz CT molecular complexity index is 1670. The molecule has 3 nitrogen and oxygen atoms in total. The lowest BCUT2D eigenvalue weighted by Gasteiger charge is -2.15. The fourth-order valence-electron chi connectivity index (χ4n) is 4.72. The van der Waals surface area contributed by atoms with Crippen molar-refractivity contribution < 1.29 is 0 Å². The summed E-state index contributed by atoms with van der Waals surface area (Å²) >= 11 is 6.61. The Labute approximate surface area is 242 Å². The van der Waals surface area contributed by atoms with Crippen LogP contribution in [0.25, 0.3) is 0 Å². The quantitative estimate of drug-likeness (QED) is 0.189. The summed E-state index contributed by atoms with van der Waals surface area (Å²) in [6.07, 6.45) is 0.